The van der Waals surface area contributed by atoms with Crippen LogP contribution >= 0.6 is 11.8 Å². The lowest BCUT2D eigenvalue weighted by atomic mass is 10.1. The first-order valence-electron chi connectivity index (χ1n) is 8.04. The summed E-state index contributed by atoms with van der Waals surface area (Å²) in [7, 11) is 0. The molecule has 0 radical (unpaired) electrons. The summed E-state index contributed by atoms with van der Waals surface area (Å²) in [6.45, 7) is 0. The number of rotatable bonds is 0. The van der Waals surface area contributed by atoms with Crippen LogP contribution in [-0.2, 0) is 19.3 Å². The minimum atomic E-state index is 0.606. The molecule has 1 aliphatic heterocycles. The maximum absolute atomic E-state index is 5.87. The smallest absolute Gasteiger partial charge is 0.135 e. The van der Waals surface area contributed by atoms with E-state index in [0.717, 1.165) is 23.1 Å². The Hall–Kier alpha value is -2.07. The minimum Gasteiger partial charge on any atom is -0.383 e. The van der Waals surface area contributed by atoms with Gasteiger partial charge in [-0.15, -0.1) is 11.8 Å². The lowest BCUT2D eigenvalue weighted by Gasteiger charge is -2.05. The van der Waals surface area contributed by atoms with E-state index in [9.17, 15) is 0 Å². The van der Waals surface area contributed by atoms with Crippen LogP contribution in [0.1, 0.15) is 23.1 Å². The normalized spacial score (nSPS) is 15.0. The van der Waals surface area contributed by atoms with E-state index < -0.39 is 0 Å². The van der Waals surface area contributed by atoms with E-state index in [2.05, 4.69) is 40.3 Å². The molecule has 4 heteroatoms. The predicted octanol–water partition coefficient (Wildman–Crippen LogP) is 4.04. The summed E-state index contributed by atoms with van der Waals surface area (Å²) < 4.78 is 0. The highest BCUT2D eigenvalue weighted by Crippen LogP contribution is 2.37. The van der Waals surface area contributed by atoms with Crippen molar-refractivity contribution in [2.45, 2.75) is 30.6 Å². The topological polar surface area (TPSA) is 51.8 Å². The number of aryl methyl sites for hydroxylation is 3. The molecule has 0 saturated carbocycles. The highest BCUT2D eigenvalue weighted by molar-refractivity contribution is 7.99. The van der Waals surface area contributed by atoms with Crippen LogP contribution in [0.2, 0.25) is 0 Å². The molecule has 3 aromatic rings. The zero-order valence-corrected chi connectivity index (χ0v) is 13.8. The van der Waals surface area contributed by atoms with Gasteiger partial charge in [0, 0.05) is 16.0 Å². The van der Waals surface area contributed by atoms with E-state index in [1.165, 1.54) is 36.0 Å². The number of thioether (sulfide) groups is 1. The van der Waals surface area contributed by atoms with Crippen molar-refractivity contribution in [1.82, 2.24) is 9.97 Å². The first-order valence-corrected chi connectivity index (χ1v) is 9.03. The Bertz CT molecular complexity index is 837. The number of nitrogen functional groups attached to an aromatic ring is 1. The summed E-state index contributed by atoms with van der Waals surface area (Å²) in [6, 6.07) is 12.9. The van der Waals surface area contributed by atoms with Crippen LogP contribution in [0.15, 0.2) is 47.6 Å². The molecule has 5 rings (SSSR count). The van der Waals surface area contributed by atoms with Gasteiger partial charge in [0.15, 0.2) is 0 Å². The van der Waals surface area contributed by atoms with Gasteiger partial charge in [-0.3, -0.25) is 0 Å². The fourth-order valence-electron chi connectivity index (χ4n) is 3.39. The van der Waals surface area contributed by atoms with Crippen LogP contribution in [0.5, 0.6) is 0 Å². The maximum atomic E-state index is 5.87. The summed E-state index contributed by atoms with van der Waals surface area (Å²) >= 11 is 1.88. The van der Waals surface area contributed by atoms with Crippen molar-refractivity contribution >= 4 is 28.5 Å². The number of nitrogens with two attached hydrogens (primary N) is 1. The Morgan fingerprint density at radius 1 is 0.913 bits per heavy atom. The second kappa shape index (κ2) is 6.20. The SMILES string of the molecule is Nc1ncnc2ccc3c(c12)CCS3.c1ccc2c(c1)CCC2. The predicted molar refractivity (Wildman–Crippen MR) is 96.8 cm³/mol. The van der Waals surface area contributed by atoms with Crippen LogP contribution < -0.4 is 5.73 Å². The first-order chi connectivity index (χ1) is 11.3. The maximum Gasteiger partial charge on any atom is 0.135 e. The van der Waals surface area contributed by atoms with Crippen molar-refractivity contribution < 1.29 is 0 Å². The molecule has 0 atom stereocenters. The Morgan fingerprint density at radius 3 is 2.48 bits per heavy atom. The van der Waals surface area contributed by atoms with Gasteiger partial charge >= 0.3 is 0 Å². The quantitative estimate of drug-likeness (QED) is 0.679. The van der Waals surface area contributed by atoms with E-state index in [4.69, 9.17) is 5.73 Å². The standard InChI is InChI=1S/C10H9N3S.C9H10/c11-10-9-6-3-4-14-8(6)2-1-7(9)12-5-13-10;1-2-5-9-7-3-6-8(9)4-1/h1-2,5H,3-4H2,(H2,11,12,13);1-2,4-5H,3,6-7H2. The van der Waals surface area contributed by atoms with Gasteiger partial charge < -0.3 is 5.73 Å². The van der Waals surface area contributed by atoms with Crippen molar-refractivity contribution in [1.29, 1.82) is 0 Å². The average Bonchev–Trinajstić information content (AvgIpc) is 3.24. The molecule has 3 nitrogen and oxygen atoms in total. The molecule has 0 saturated heterocycles. The number of aromatic nitrogens is 2. The van der Waals surface area contributed by atoms with Crippen molar-refractivity contribution in [3.63, 3.8) is 0 Å². The number of hydrogen-bond donors (Lipinski definition) is 1. The van der Waals surface area contributed by atoms with Crippen LogP contribution in [0.25, 0.3) is 10.9 Å². The molecule has 116 valence electrons. The lowest BCUT2D eigenvalue weighted by molar-refractivity contribution is 0.912. The van der Waals surface area contributed by atoms with Crippen molar-refractivity contribution in [2.24, 2.45) is 0 Å². The fraction of sp³-hybridized carbons (Fsp3) is 0.263. The molecule has 0 unspecified atom stereocenters. The first kappa shape index (κ1) is 14.5. The van der Waals surface area contributed by atoms with Gasteiger partial charge in [0.1, 0.15) is 12.1 Å². The Balaban J connectivity index is 0.000000130. The zero-order chi connectivity index (χ0) is 15.6. The molecule has 2 N–H and O–H groups in total. The summed E-state index contributed by atoms with van der Waals surface area (Å²) in [5.74, 6) is 1.75. The lowest BCUT2D eigenvalue weighted by Crippen LogP contribution is -1.96. The third-order valence-corrected chi connectivity index (χ3v) is 5.62. The fourth-order valence-corrected chi connectivity index (χ4v) is 4.46. The highest BCUT2D eigenvalue weighted by Gasteiger charge is 2.16. The molecule has 0 spiro atoms. The zero-order valence-electron chi connectivity index (χ0n) is 13.0. The monoisotopic (exact) mass is 321 g/mol. The van der Waals surface area contributed by atoms with Gasteiger partial charge in [0.05, 0.1) is 5.52 Å². The molecule has 1 aromatic heterocycles. The number of nitrogens with zero attached hydrogens (tertiary/aromatic N) is 2. The molecule has 2 aromatic carbocycles. The summed E-state index contributed by atoms with van der Waals surface area (Å²) in [4.78, 5) is 9.59. The highest BCUT2D eigenvalue weighted by atomic mass is 32.2. The van der Waals surface area contributed by atoms with E-state index in [-0.39, 0.29) is 0 Å². The van der Waals surface area contributed by atoms with Gasteiger partial charge in [0.25, 0.3) is 0 Å². The molecule has 2 heterocycles. The van der Waals surface area contributed by atoms with Crippen molar-refractivity contribution in [3.8, 4) is 0 Å². The van der Waals surface area contributed by atoms with Crippen LogP contribution in [0.4, 0.5) is 5.82 Å². The van der Waals surface area contributed by atoms with Gasteiger partial charge in [0.2, 0.25) is 0 Å². The van der Waals surface area contributed by atoms with Gasteiger partial charge in [-0.25, -0.2) is 9.97 Å². The van der Waals surface area contributed by atoms with E-state index in [1.54, 1.807) is 11.1 Å². The van der Waals surface area contributed by atoms with Gasteiger partial charge in [-0.1, -0.05) is 24.3 Å². The van der Waals surface area contributed by atoms with Crippen LogP contribution in [-0.4, -0.2) is 15.7 Å². The molecule has 0 amide bonds. The van der Waals surface area contributed by atoms with Crippen LogP contribution in [0.3, 0.4) is 0 Å². The molecular weight excluding hydrogens is 302 g/mol. The second-order valence-electron chi connectivity index (χ2n) is 5.92. The number of anilines is 1. The number of hydrogen-bond acceptors (Lipinski definition) is 4. The van der Waals surface area contributed by atoms with E-state index in [0.29, 0.717) is 5.82 Å². The molecule has 2 aliphatic rings. The third-order valence-electron chi connectivity index (χ3n) is 4.52. The second-order valence-corrected chi connectivity index (χ2v) is 7.05. The Morgan fingerprint density at radius 2 is 1.70 bits per heavy atom. The Labute approximate surface area is 140 Å². The molecule has 1 aliphatic carbocycles. The van der Waals surface area contributed by atoms with Gasteiger partial charge in [-0.2, -0.15) is 0 Å². The molecule has 23 heavy (non-hydrogen) atoms. The number of fused-ring (bicyclic) bond motifs is 4. The van der Waals surface area contributed by atoms with E-state index in [1.807, 2.05) is 17.8 Å². The van der Waals surface area contributed by atoms with Crippen molar-refractivity contribution in [3.05, 3.63) is 59.4 Å². The molecule has 0 bridgehead atoms. The third kappa shape index (κ3) is 2.79. The molecular formula is C19H19N3S. The van der Waals surface area contributed by atoms with Crippen molar-refractivity contribution in [2.75, 3.05) is 11.5 Å². The van der Waals surface area contributed by atoms with Gasteiger partial charge in [-0.05, 0) is 54.5 Å². The summed E-state index contributed by atoms with van der Waals surface area (Å²) in [5.41, 5.74) is 11.3. The minimum absolute atomic E-state index is 0.606. The summed E-state index contributed by atoms with van der Waals surface area (Å²) in [5, 5.41) is 1.05. The molecule has 0 fully saturated rings. The van der Waals surface area contributed by atoms with Crippen LogP contribution in [0, 0.1) is 0 Å². The van der Waals surface area contributed by atoms with E-state index >= 15 is 0 Å². The summed E-state index contributed by atoms with van der Waals surface area (Å²) in [6.07, 6.45) is 6.56. The average molecular weight is 321 g/mol. The Kier molecular flexibility index (Phi) is 3.92. The number of benzene rings is 2. The largest absolute Gasteiger partial charge is 0.383 e.